The van der Waals surface area contributed by atoms with Gasteiger partial charge in [0.2, 0.25) is 11.9 Å². The van der Waals surface area contributed by atoms with E-state index in [0.717, 1.165) is 10.0 Å². The minimum absolute atomic E-state index is 0.0968. The first kappa shape index (κ1) is 28.1. The number of nitrogens with zero attached hydrogens (tertiary/aromatic N) is 5. The van der Waals surface area contributed by atoms with E-state index in [1.807, 2.05) is 24.3 Å². The van der Waals surface area contributed by atoms with E-state index in [2.05, 4.69) is 20.9 Å². The lowest BCUT2D eigenvalue weighted by molar-refractivity contribution is -0.130. The highest BCUT2D eigenvalue weighted by molar-refractivity contribution is 9.10. The molecule has 1 atom stereocenters. The smallest absolute Gasteiger partial charge is 0.260 e. The number of halogens is 3. The molecule has 0 spiro atoms. The maximum Gasteiger partial charge on any atom is 0.260 e. The van der Waals surface area contributed by atoms with Crippen LogP contribution < -0.4 is 10.6 Å². The number of carbonyl (C=O) groups excluding carboxylic acids is 2. The topological polar surface area (TPSA) is 122 Å². The Morgan fingerprint density at radius 1 is 1.08 bits per heavy atom. The second-order valence-corrected chi connectivity index (χ2v) is 13.2. The molecule has 3 aromatic rings. The van der Waals surface area contributed by atoms with Gasteiger partial charge in [0, 0.05) is 47.1 Å². The Hall–Kier alpha value is -2.48. The fourth-order valence-electron chi connectivity index (χ4n) is 5.05. The molecule has 1 fully saturated rings. The summed E-state index contributed by atoms with van der Waals surface area (Å²) < 4.78 is 31.6. The number of anilines is 2. The number of nitrogens with two attached hydrogens (primary N) is 1. The second kappa shape index (κ2) is 10.5. The summed E-state index contributed by atoms with van der Waals surface area (Å²) in [6.45, 7) is 2.20. The first-order valence-electron chi connectivity index (χ1n) is 12.1. The number of sulfonamides is 1. The van der Waals surface area contributed by atoms with Crippen LogP contribution in [0.5, 0.6) is 0 Å². The standard InChI is InChI=1S/C25H25BrCl2N6O4S/c1-25(13-16-2-4-17(26)5-3-16)23(36)33(20-11-18(27)10-19(28)12-20)24-30-15-22(34(24)25)39(37,38)32-8-6-31(7-9-32)21(35)14-29/h2-5,10-12,15H,6-9,13-14,29H2,1H3/t25-/m1/s1. The summed E-state index contributed by atoms with van der Waals surface area (Å²) in [4.78, 5) is 33.5. The molecule has 0 unspecified atom stereocenters. The summed E-state index contributed by atoms with van der Waals surface area (Å²) in [7, 11) is -4.09. The molecule has 2 aliphatic rings. The lowest BCUT2D eigenvalue weighted by atomic mass is 9.92. The predicted molar refractivity (Wildman–Crippen MR) is 152 cm³/mol. The van der Waals surface area contributed by atoms with Gasteiger partial charge in [-0.2, -0.15) is 4.31 Å². The number of aromatic nitrogens is 2. The van der Waals surface area contributed by atoms with Gasteiger partial charge >= 0.3 is 0 Å². The van der Waals surface area contributed by atoms with Crippen LogP contribution in [-0.4, -0.2) is 71.7 Å². The summed E-state index contributed by atoms with van der Waals surface area (Å²) in [5, 5.41) is 0.532. The molecule has 0 saturated carbocycles. The summed E-state index contributed by atoms with van der Waals surface area (Å²) in [5.41, 5.74) is 5.33. The summed E-state index contributed by atoms with van der Waals surface area (Å²) >= 11 is 15.9. The van der Waals surface area contributed by atoms with Gasteiger partial charge in [-0.05, 0) is 42.8 Å². The Balaban J connectivity index is 1.60. The molecular formula is C25H25BrCl2N6O4S. The molecule has 1 saturated heterocycles. The number of piperazine rings is 1. The minimum Gasteiger partial charge on any atom is -0.339 e. The molecule has 10 nitrogen and oxygen atoms in total. The van der Waals surface area contributed by atoms with Gasteiger partial charge in [0.1, 0.15) is 5.54 Å². The molecule has 3 heterocycles. The predicted octanol–water partition coefficient (Wildman–Crippen LogP) is 3.38. The van der Waals surface area contributed by atoms with Crippen LogP contribution in [0.2, 0.25) is 10.0 Å². The molecule has 2 aliphatic heterocycles. The van der Waals surface area contributed by atoms with Crippen LogP contribution in [0.4, 0.5) is 11.6 Å². The van der Waals surface area contributed by atoms with Crippen LogP contribution in [0.15, 0.2) is 58.2 Å². The fraction of sp³-hybridized carbons (Fsp3) is 0.320. The van der Waals surface area contributed by atoms with Crippen molar-refractivity contribution in [1.82, 2.24) is 18.8 Å². The zero-order chi connectivity index (χ0) is 28.1. The van der Waals surface area contributed by atoms with Crippen molar-refractivity contribution in [3.63, 3.8) is 0 Å². The van der Waals surface area contributed by atoms with Crippen molar-refractivity contribution in [3.05, 3.63) is 68.7 Å². The molecule has 2 aromatic carbocycles. The number of carbonyl (C=O) groups is 2. The monoisotopic (exact) mass is 654 g/mol. The Morgan fingerprint density at radius 3 is 2.28 bits per heavy atom. The molecule has 206 valence electrons. The fourth-order valence-corrected chi connectivity index (χ4v) is 7.44. The third-order valence-electron chi connectivity index (χ3n) is 7.01. The molecule has 0 bridgehead atoms. The van der Waals surface area contributed by atoms with E-state index in [1.54, 1.807) is 30.0 Å². The molecule has 1 aromatic heterocycles. The SMILES string of the molecule is C[C@@]1(Cc2ccc(Br)cc2)C(=O)N(c2cc(Cl)cc(Cl)c2)c2ncc(S(=O)(=O)N3CCN(C(=O)CN)CC3)n21. The van der Waals surface area contributed by atoms with Gasteiger partial charge in [0.15, 0.2) is 5.03 Å². The highest BCUT2D eigenvalue weighted by Gasteiger charge is 2.52. The van der Waals surface area contributed by atoms with Crippen molar-refractivity contribution < 1.29 is 18.0 Å². The second-order valence-electron chi connectivity index (χ2n) is 9.57. The quantitative estimate of drug-likeness (QED) is 0.435. The van der Waals surface area contributed by atoms with E-state index in [4.69, 9.17) is 28.9 Å². The maximum atomic E-state index is 14.2. The third kappa shape index (κ3) is 4.98. The zero-order valence-corrected chi connectivity index (χ0v) is 24.8. The normalized spacial score (nSPS) is 20.0. The number of amides is 2. The van der Waals surface area contributed by atoms with Crippen LogP contribution in [0.1, 0.15) is 12.5 Å². The molecular weight excluding hydrogens is 631 g/mol. The van der Waals surface area contributed by atoms with Crippen LogP contribution in [-0.2, 0) is 31.6 Å². The third-order valence-corrected chi connectivity index (χ3v) is 9.83. The molecule has 2 N–H and O–H groups in total. The van der Waals surface area contributed by atoms with Crippen LogP contribution in [0.3, 0.4) is 0 Å². The first-order chi connectivity index (χ1) is 18.5. The molecule has 39 heavy (non-hydrogen) atoms. The van der Waals surface area contributed by atoms with Gasteiger partial charge in [0.25, 0.3) is 15.9 Å². The zero-order valence-electron chi connectivity index (χ0n) is 20.8. The van der Waals surface area contributed by atoms with Gasteiger partial charge in [-0.15, -0.1) is 0 Å². The molecule has 0 radical (unpaired) electrons. The van der Waals surface area contributed by atoms with Crippen molar-refractivity contribution in [2.45, 2.75) is 23.9 Å². The summed E-state index contributed by atoms with van der Waals surface area (Å²) in [5.74, 6) is -0.462. The average Bonchev–Trinajstić information content (AvgIpc) is 3.43. The van der Waals surface area contributed by atoms with Crippen molar-refractivity contribution >= 4 is 72.6 Å². The Bertz CT molecular complexity index is 1540. The van der Waals surface area contributed by atoms with E-state index >= 15 is 0 Å². The largest absolute Gasteiger partial charge is 0.339 e. The molecule has 14 heteroatoms. The van der Waals surface area contributed by atoms with Crippen molar-refractivity contribution in [1.29, 1.82) is 0 Å². The maximum absolute atomic E-state index is 14.2. The summed E-state index contributed by atoms with van der Waals surface area (Å²) in [6, 6.07) is 12.2. The van der Waals surface area contributed by atoms with E-state index in [-0.39, 0.29) is 61.9 Å². The average molecular weight is 656 g/mol. The molecule has 0 aliphatic carbocycles. The summed E-state index contributed by atoms with van der Waals surface area (Å²) in [6.07, 6.45) is 1.47. The lowest BCUT2D eigenvalue weighted by Gasteiger charge is -2.34. The Kier molecular flexibility index (Phi) is 7.55. The number of hydrogen-bond donors (Lipinski definition) is 1. The number of imidazole rings is 1. The van der Waals surface area contributed by atoms with Crippen molar-refractivity contribution in [2.24, 2.45) is 5.73 Å². The van der Waals surface area contributed by atoms with E-state index in [9.17, 15) is 18.0 Å². The number of fused-ring (bicyclic) bond motifs is 1. The van der Waals surface area contributed by atoms with Gasteiger partial charge in [0.05, 0.1) is 18.4 Å². The van der Waals surface area contributed by atoms with E-state index in [1.165, 1.54) is 20.0 Å². The van der Waals surface area contributed by atoms with Gasteiger partial charge in [-0.1, -0.05) is 51.3 Å². The molecule has 5 rings (SSSR count). The highest BCUT2D eigenvalue weighted by Crippen LogP contribution is 2.45. The van der Waals surface area contributed by atoms with Gasteiger partial charge < -0.3 is 10.6 Å². The Labute approximate surface area is 244 Å². The number of rotatable bonds is 6. The van der Waals surface area contributed by atoms with Crippen LogP contribution in [0, 0.1) is 0 Å². The Morgan fingerprint density at radius 2 is 1.69 bits per heavy atom. The minimum atomic E-state index is -4.09. The number of hydrogen-bond acceptors (Lipinski definition) is 6. The van der Waals surface area contributed by atoms with Gasteiger partial charge in [-0.25, -0.2) is 18.3 Å². The van der Waals surface area contributed by atoms with Crippen molar-refractivity contribution in [2.75, 3.05) is 37.6 Å². The van der Waals surface area contributed by atoms with Crippen LogP contribution in [0.25, 0.3) is 0 Å². The highest BCUT2D eigenvalue weighted by atomic mass is 79.9. The van der Waals surface area contributed by atoms with Crippen molar-refractivity contribution in [3.8, 4) is 0 Å². The first-order valence-corrected chi connectivity index (χ1v) is 15.1. The van der Waals surface area contributed by atoms with E-state index < -0.39 is 15.6 Å². The molecule has 2 amide bonds. The van der Waals surface area contributed by atoms with Gasteiger partial charge in [-0.3, -0.25) is 14.2 Å². The van der Waals surface area contributed by atoms with E-state index in [0.29, 0.717) is 15.7 Å². The van der Waals surface area contributed by atoms with Crippen LogP contribution >= 0.6 is 39.1 Å². The number of benzene rings is 2. The lowest BCUT2D eigenvalue weighted by Crippen LogP contribution is -2.52.